The normalized spacial score (nSPS) is 14.8. The minimum Gasteiger partial charge on any atom is -0.480 e. The van der Waals surface area contributed by atoms with Crippen molar-refractivity contribution < 1.29 is 14.7 Å². The monoisotopic (exact) mass is 360 g/mol. The predicted octanol–water partition coefficient (Wildman–Crippen LogP) is 1.60. The van der Waals surface area contributed by atoms with E-state index in [9.17, 15) is 19.5 Å². The molecular formula is C18H24N4O4. The maximum atomic E-state index is 12.8. The minimum atomic E-state index is -1.12. The lowest BCUT2D eigenvalue weighted by Gasteiger charge is -2.26. The van der Waals surface area contributed by atoms with Crippen LogP contribution in [0.1, 0.15) is 40.2 Å². The summed E-state index contributed by atoms with van der Waals surface area (Å²) in [6, 6.07) is 4.78. The van der Waals surface area contributed by atoms with Crippen LogP contribution < -0.4 is 10.9 Å². The topological polar surface area (TPSA) is 114 Å². The summed E-state index contributed by atoms with van der Waals surface area (Å²) in [5.41, 5.74) is 0.0233. The fraction of sp³-hybridized carbons (Fsp3) is 0.500. The summed E-state index contributed by atoms with van der Waals surface area (Å²) < 4.78 is 1.06. The summed E-state index contributed by atoms with van der Waals surface area (Å²) in [5.74, 6) is -2.20. The zero-order valence-electron chi connectivity index (χ0n) is 15.3. The average Bonchev–Trinajstić information content (AvgIpc) is 2.61. The van der Waals surface area contributed by atoms with Crippen molar-refractivity contribution in [2.24, 2.45) is 11.8 Å². The number of carbonyl (C=O) groups excluding carboxylic acids is 1. The second-order valence-corrected chi connectivity index (χ2v) is 6.76. The molecule has 26 heavy (non-hydrogen) atoms. The molecule has 0 saturated carbocycles. The van der Waals surface area contributed by atoms with Crippen LogP contribution in [0.5, 0.6) is 0 Å². The quantitative estimate of drug-likeness (QED) is 0.775. The van der Waals surface area contributed by atoms with Gasteiger partial charge in [0.25, 0.3) is 5.56 Å². The van der Waals surface area contributed by atoms with Gasteiger partial charge in [-0.3, -0.25) is 9.59 Å². The predicted molar refractivity (Wildman–Crippen MR) is 96.7 cm³/mol. The Hall–Kier alpha value is -2.77. The van der Waals surface area contributed by atoms with E-state index in [0.717, 1.165) is 4.68 Å². The molecule has 8 heteroatoms. The highest BCUT2D eigenvalue weighted by atomic mass is 16.4. The Morgan fingerprint density at radius 1 is 1.23 bits per heavy atom. The molecule has 8 nitrogen and oxygen atoms in total. The van der Waals surface area contributed by atoms with E-state index in [1.807, 2.05) is 13.8 Å². The minimum absolute atomic E-state index is 0.232. The molecule has 2 rings (SSSR count). The van der Waals surface area contributed by atoms with Crippen LogP contribution in [0.25, 0.3) is 10.9 Å². The van der Waals surface area contributed by atoms with E-state index >= 15 is 0 Å². The van der Waals surface area contributed by atoms with Crippen molar-refractivity contribution in [3.63, 3.8) is 0 Å². The van der Waals surface area contributed by atoms with Gasteiger partial charge in [-0.15, -0.1) is 5.10 Å². The van der Waals surface area contributed by atoms with Gasteiger partial charge in [0, 0.05) is 0 Å². The van der Waals surface area contributed by atoms with E-state index in [2.05, 4.69) is 15.6 Å². The number of hydrogen-bond acceptors (Lipinski definition) is 5. The average molecular weight is 360 g/mol. The fourth-order valence-corrected chi connectivity index (χ4v) is 2.77. The standard InChI is InChI=1S/C18H24N4O4/c1-5-11(4)15(16(23)19-14(10(2)3)18(25)26)22-17(24)12-8-6-7-9-13(12)20-21-22/h6-11,14-15H,5H2,1-4H3,(H,19,23)(H,25,26). The Bertz CT molecular complexity index is 862. The zero-order chi connectivity index (χ0) is 19.4. The number of carbonyl (C=O) groups is 2. The summed E-state index contributed by atoms with van der Waals surface area (Å²) in [7, 11) is 0. The number of hydrogen-bond donors (Lipinski definition) is 2. The number of amides is 1. The molecule has 0 radical (unpaired) electrons. The lowest BCUT2D eigenvalue weighted by Crippen LogP contribution is -2.50. The Balaban J connectivity index is 2.48. The van der Waals surface area contributed by atoms with Crippen LogP contribution in [-0.2, 0) is 9.59 Å². The highest BCUT2D eigenvalue weighted by Gasteiger charge is 2.33. The smallest absolute Gasteiger partial charge is 0.326 e. The van der Waals surface area contributed by atoms with E-state index in [-0.39, 0.29) is 11.8 Å². The molecule has 1 amide bonds. The number of nitrogens with zero attached hydrogens (tertiary/aromatic N) is 3. The van der Waals surface area contributed by atoms with Gasteiger partial charge in [0.2, 0.25) is 5.91 Å². The molecule has 0 spiro atoms. The van der Waals surface area contributed by atoms with Gasteiger partial charge in [-0.05, 0) is 24.0 Å². The molecule has 0 fully saturated rings. The van der Waals surface area contributed by atoms with Crippen LogP contribution >= 0.6 is 0 Å². The first-order valence-electron chi connectivity index (χ1n) is 8.65. The van der Waals surface area contributed by atoms with Crippen molar-refractivity contribution in [3.8, 4) is 0 Å². The Morgan fingerprint density at radius 2 is 1.88 bits per heavy atom. The van der Waals surface area contributed by atoms with Gasteiger partial charge in [0.1, 0.15) is 17.6 Å². The highest BCUT2D eigenvalue weighted by molar-refractivity contribution is 5.86. The first-order valence-corrected chi connectivity index (χ1v) is 8.65. The molecular weight excluding hydrogens is 336 g/mol. The third kappa shape index (κ3) is 3.89. The van der Waals surface area contributed by atoms with Crippen molar-refractivity contribution in [3.05, 3.63) is 34.6 Å². The van der Waals surface area contributed by atoms with Gasteiger partial charge in [-0.2, -0.15) is 4.68 Å². The summed E-state index contributed by atoms with van der Waals surface area (Å²) in [6.45, 7) is 7.12. The molecule has 3 unspecified atom stereocenters. The van der Waals surface area contributed by atoms with E-state index in [1.165, 1.54) is 0 Å². The van der Waals surface area contributed by atoms with Crippen molar-refractivity contribution in [2.75, 3.05) is 0 Å². The Morgan fingerprint density at radius 3 is 2.46 bits per heavy atom. The van der Waals surface area contributed by atoms with Gasteiger partial charge < -0.3 is 10.4 Å². The molecule has 2 N–H and O–H groups in total. The third-order valence-corrected chi connectivity index (χ3v) is 4.54. The van der Waals surface area contributed by atoms with Crippen LogP contribution in [0.15, 0.2) is 29.1 Å². The SMILES string of the molecule is CCC(C)C(C(=O)NC(C(=O)O)C(C)C)n1nnc2ccccc2c1=O. The number of carboxylic acid groups (broad SMARTS) is 1. The number of fused-ring (bicyclic) bond motifs is 1. The van der Waals surface area contributed by atoms with Gasteiger partial charge in [0.15, 0.2) is 0 Å². The summed E-state index contributed by atoms with van der Waals surface area (Å²) in [5, 5.41) is 20.2. The molecule has 0 aliphatic rings. The number of carboxylic acids is 1. The molecule has 2 aromatic rings. The first-order chi connectivity index (χ1) is 12.3. The number of rotatable bonds is 7. The molecule has 3 atom stereocenters. The lowest BCUT2D eigenvalue weighted by atomic mass is 9.97. The second-order valence-electron chi connectivity index (χ2n) is 6.76. The Kier molecular flexibility index (Phi) is 6.07. The fourth-order valence-electron chi connectivity index (χ4n) is 2.77. The van der Waals surface area contributed by atoms with Crippen molar-refractivity contribution in [1.82, 2.24) is 20.3 Å². The summed E-state index contributed by atoms with van der Waals surface area (Å²) in [6.07, 6.45) is 0.610. The van der Waals surface area contributed by atoms with Crippen LogP contribution in [0.2, 0.25) is 0 Å². The lowest BCUT2D eigenvalue weighted by molar-refractivity contribution is -0.144. The molecule has 1 heterocycles. The van der Waals surface area contributed by atoms with Crippen molar-refractivity contribution in [2.45, 2.75) is 46.2 Å². The molecule has 1 aromatic carbocycles. The molecule has 0 aliphatic heterocycles. The molecule has 0 bridgehead atoms. The maximum Gasteiger partial charge on any atom is 0.326 e. The largest absolute Gasteiger partial charge is 0.480 e. The van der Waals surface area contributed by atoms with Crippen molar-refractivity contribution in [1.29, 1.82) is 0 Å². The summed E-state index contributed by atoms with van der Waals surface area (Å²) >= 11 is 0. The van der Waals surface area contributed by atoms with E-state index < -0.39 is 29.5 Å². The van der Waals surface area contributed by atoms with E-state index in [4.69, 9.17) is 0 Å². The van der Waals surface area contributed by atoms with Crippen LogP contribution in [0.3, 0.4) is 0 Å². The third-order valence-electron chi connectivity index (χ3n) is 4.54. The molecule has 0 saturated heterocycles. The highest BCUT2D eigenvalue weighted by Crippen LogP contribution is 2.20. The second kappa shape index (κ2) is 8.07. The van der Waals surface area contributed by atoms with Gasteiger partial charge in [-0.1, -0.05) is 51.5 Å². The van der Waals surface area contributed by atoms with Crippen LogP contribution in [-0.4, -0.2) is 38.0 Å². The van der Waals surface area contributed by atoms with E-state index in [0.29, 0.717) is 17.3 Å². The van der Waals surface area contributed by atoms with Gasteiger partial charge in [-0.25, -0.2) is 4.79 Å². The van der Waals surface area contributed by atoms with Crippen molar-refractivity contribution >= 4 is 22.8 Å². The maximum absolute atomic E-state index is 12.8. The Labute approximate surface area is 151 Å². The molecule has 140 valence electrons. The summed E-state index contributed by atoms with van der Waals surface area (Å²) in [4.78, 5) is 37.1. The zero-order valence-corrected chi connectivity index (χ0v) is 15.3. The first kappa shape index (κ1) is 19.6. The van der Waals surface area contributed by atoms with Crippen LogP contribution in [0, 0.1) is 11.8 Å². The molecule has 1 aromatic heterocycles. The number of aromatic nitrogens is 3. The van der Waals surface area contributed by atoms with E-state index in [1.54, 1.807) is 38.1 Å². The van der Waals surface area contributed by atoms with Gasteiger partial charge >= 0.3 is 5.97 Å². The number of nitrogens with one attached hydrogen (secondary N) is 1. The number of aliphatic carboxylic acids is 1. The number of benzene rings is 1. The molecule has 0 aliphatic carbocycles. The van der Waals surface area contributed by atoms with Gasteiger partial charge in [0.05, 0.1) is 5.39 Å². The van der Waals surface area contributed by atoms with Crippen LogP contribution in [0.4, 0.5) is 0 Å².